The number of hydrogen-bond donors (Lipinski definition) is 3. The standard InChI is InChI=1S/C16H31NO4/c1-2-3-4-5-6-7-8-9-10-11-12-16(17,15(20)21)13-14(18)19/h2-13,17H2,1H3,(H,18,19)(H,20,21). The van der Waals surface area contributed by atoms with Gasteiger partial charge in [-0.3, -0.25) is 9.59 Å². The zero-order chi connectivity index (χ0) is 16.1. The lowest BCUT2D eigenvalue weighted by Gasteiger charge is -2.22. The Bertz CT molecular complexity index is 307. The SMILES string of the molecule is CCCCCCCCCCCCC(N)(CC(=O)O)C(=O)O. The Kier molecular flexibility index (Phi) is 10.9. The summed E-state index contributed by atoms with van der Waals surface area (Å²) in [6.45, 7) is 2.21. The number of carbonyl (C=O) groups is 2. The van der Waals surface area contributed by atoms with E-state index in [9.17, 15) is 9.59 Å². The summed E-state index contributed by atoms with van der Waals surface area (Å²) in [7, 11) is 0. The molecule has 0 aliphatic rings. The smallest absolute Gasteiger partial charge is 0.324 e. The molecular weight excluding hydrogens is 270 g/mol. The Morgan fingerprint density at radius 2 is 1.29 bits per heavy atom. The molecular formula is C16H31NO4. The molecule has 0 saturated carbocycles. The van der Waals surface area contributed by atoms with Crippen LogP contribution in [0.4, 0.5) is 0 Å². The quantitative estimate of drug-likeness (QED) is 0.426. The van der Waals surface area contributed by atoms with Crippen LogP contribution in [0.1, 0.15) is 84.0 Å². The van der Waals surface area contributed by atoms with E-state index in [-0.39, 0.29) is 6.42 Å². The molecule has 5 heteroatoms. The van der Waals surface area contributed by atoms with Crippen LogP contribution in [0.15, 0.2) is 0 Å². The van der Waals surface area contributed by atoms with Crippen molar-refractivity contribution in [2.75, 3.05) is 0 Å². The number of unbranched alkanes of at least 4 members (excludes halogenated alkanes) is 9. The number of carboxylic acids is 2. The summed E-state index contributed by atoms with van der Waals surface area (Å²) in [5, 5.41) is 17.8. The van der Waals surface area contributed by atoms with Gasteiger partial charge in [0.2, 0.25) is 0 Å². The highest BCUT2D eigenvalue weighted by Gasteiger charge is 2.35. The molecule has 21 heavy (non-hydrogen) atoms. The summed E-state index contributed by atoms with van der Waals surface area (Å²) < 4.78 is 0. The molecule has 0 fully saturated rings. The Morgan fingerprint density at radius 1 is 0.857 bits per heavy atom. The van der Waals surface area contributed by atoms with Crippen LogP contribution < -0.4 is 5.73 Å². The van der Waals surface area contributed by atoms with Crippen molar-refractivity contribution < 1.29 is 19.8 Å². The number of nitrogens with two attached hydrogens (primary N) is 1. The van der Waals surface area contributed by atoms with Gasteiger partial charge in [-0.2, -0.15) is 0 Å². The molecule has 0 aromatic rings. The molecule has 0 spiro atoms. The van der Waals surface area contributed by atoms with Gasteiger partial charge in [0, 0.05) is 0 Å². The molecule has 0 aliphatic carbocycles. The van der Waals surface area contributed by atoms with E-state index in [0.717, 1.165) is 19.3 Å². The van der Waals surface area contributed by atoms with Crippen LogP contribution in [-0.4, -0.2) is 27.7 Å². The van der Waals surface area contributed by atoms with Crippen LogP contribution in [0, 0.1) is 0 Å². The van der Waals surface area contributed by atoms with Gasteiger partial charge in [0.25, 0.3) is 0 Å². The van der Waals surface area contributed by atoms with Gasteiger partial charge in [0.15, 0.2) is 0 Å². The molecule has 124 valence electrons. The third-order valence-corrected chi connectivity index (χ3v) is 3.87. The lowest BCUT2D eigenvalue weighted by Crippen LogP contribution is -2.49. The van der Waals surface area contributed by atoms with Crippen molar-refractivity contribution in [2.24, 2.45) is 5.73 Å². The number of hydrogen-bond acceptors (Lipinski definition) is 3. The van der Waals surface area contributed by atoms with E-state index < -0.39 is 23.9 Å². The van der Waals surface area contributed by atoms with E-state index in [1.807, 2.05) is 0 Å². The number of carboxylic acid groups (broad SMARTS) is 2. The van der Waals surface area contributed by atoms with Gasteiger partial charge in [0.1, 0.15) is 5.54 Å². The molecule has 5 nitrogen and oxygen atoms in total. The third kappa shape index (κ3) is 10.3. The van der Waals surface area contributed by atoms with Gasteiger partial charge in [-0.1, -0.05) is 71.1 Å². The minimum Gasteiger partial charge on any atom is -0.481 e. The fraction of sp³-hybridized carbons (Fsp3) is 0.875. The summed E-state index contributed by atoms with van der Waals surface area (Å²) >= 11 is 0. The van der Waals surface area contributed by atoms with Gasteiger partial charge in [-0.05, 0) is 6.42 Å². The Morgan fingerprint density at radius 3 is 1.67 bits per heavy atom. The topological polar surface area (TPSA) is 101 Å². The molecule has 0 saturated heterocycles. The highest BCUT2D eigenvalue weighted by molar-refractivity contribution is 5.84. The minimum absolute atomic E-state index is 0.227. The summed E-state index contributed by atoms with van der Waals surface area (Å²) in [4.78, 5) is 21.7. The van der Waals surface area contributed by atoms with Crippen molar-refractivity contribution in [3.05, 3.63) is 0 Å². The first-order valence-electron chi connectivity index (χ1n) is 8.16. The normalized spacial score (nSPS) is 13.8. The number of rotatable bonds is 14. The van der Waals surface area contributed by atoms with E-state index in [0.29, 0.717) is 6.42 Å². The van der Waals surface area contributed by atoms with Crippen molar-refractivity contribution in [3.8, 4) is 0 Å². The van der Waals surface area contributed by atoms with E-state index >= 15 is 0 Å². The van der Waals surface area contributed by atoms with E-state index in [2.05, 4.69) is 6.92 Å². The molecule has 0 heterocycles. The monoisotopic (exact) mass is 301 g/mol. The van der Waals surface area contributed by atoms with Gasteiger partial charge >= 0.3 is 11.9 Å². The first-order chi connectivity index (χ1) is 9.92. The fourth-order valence-corrected chi connectivity index (χ4v) is 2.47. The zero-order valence-electron chi connectivity index (χ0n) is 13.3. The molecule has 0 aromatic carbocycles. The first-order valence-corrected chi connectivity index (χ1v) is 8.16. The van der Waals surface area contributed by atoms with E-state index in [4.69, 9.17) is 15.9 Å². The largest absolute Gasteiger partial charge is 0.481 e. The summed E-state index contributed by atoms with van der Waals surface area (Å²) in [5.74, 6) is -2.38. The van der Waals surface area contributed by atoms with Crippen LogP contribution in [0.2, 0.25) is 0 Å². The van der Waals surface area contributed by atoms with Gasteiger partial charge in [0.05, 0.1) is 6.42 Å². The van der Waals surface area contributed by atoms with Crippen LogP contribution in [0.25, 0.3) is 0 Å². The second-order valence-corrected chi connectivity index (χ2v) is 5.96. The van der Waals surface area contributed by atoms with Crippen molar-refractivity contribution in [1.29, 1.82) is 0 Å². The van der Waals surface area contributed by atoms with Crippen molar-refractivity contribution in [3.63, 3.8) is 0 Å². The predicted octanol–water partition coefficient (Wildman–Crippen LogP) is 3.55. The lowest BCUT2D eigenvalue weighted by atomic mass is 9.89. The Labute approximate surface area is 127 Å². The van der Waals surface area contributed by atoms with Gasteiger partial charge in [-0.15, -0.1) is 0 Å². The molecule has 1 unspecified atom stereocenters. The first kappa shape index (κ1) is 19.9. The molecule has 0 radical (unpaired) electrons. The zero-order valence-corrected chi connectivity index (χ0v) is 13.3. The Balaban J connectivity index is 3.64. The summed E-state index contributed by atoms with van der Waals surface area (Å²) in [6, 6.07) is 0. The van der Waals surface area contributed by atoms with Gasteiger partial charge < -0.3 is 15.9 Å². The predicted molar refractivity (Wildman–Crippen MR) is 83.3 cm³/mol. The molecule has 0 bridgehead atoms. The molecule has 0 aliphatic heterocycles. The minimum atomic E-state index is -1.62. The average molecular weight is 301 g/mol. The third-order valence-electron chi connectivity index (χ3n) is 3.87. The lowest BCUT2D eigenvalue weighted by molar-refractivity contribution is -0.150. The highest BCUT2D eigenvalue weighted by atomic mass is 16.4. The van der Waals surface area contributed by atoms with Crippen LogP contribution in [-0.2, 0) is 9.59 Å². The Hall–Kier alpha value is -1.10. The van der Waals surface area contributed by atoms with E-state index in [1.54, 1.807) is 0 Å². The number of aliphatic carboxylic acids is 2. The highest BCUT2D eigenvalue weighted by Crippen LogP contribution is 2.18. The van der Waals surface area contributed by atoms with Gasteiger partial charge in [-0.25, -0.2) is 0 Å². The molecule has 0 amide bonds. The fourth-order valence-electron chi connectivity index (χ4n) is 2.47. The van der Waals surface area contributed by atoms with Crippen molar-refractivity contribution in [1.82, 2.24) is 0 Å². The average Bonchev–Trinajstić information content (AvgIpc) is 2.40. The second-order valence-electron chi connectivity index (χ2n) is 5.96. The summed E-state index contributed by atoms with van der Waals surface area (Å²) in [6.07, 6.45) is 11.2. The molecule has 0 aromatic heterocycles. The van der Waals surface area contributed by atoms with Crippen LogP contribution >= 0.6 is 0 Å². The van der Waals surface area contributed by atoms with E-state index in [1.165, 1.54) is 38.5 Å². The maximum Gasteiger partial charge on any atom is 0.324 e. The van der Waals surface area contributed by atoms with Crippen LogP contribution in [0.3, 0.4) is 0 Å². The maximum atomic E-state index is 11.1. The van der Waals surface area contributed by atoms with Crippen molar-refractivity contribution in [2.45, 2.75) is 89.5 Å². The maximum absolute atomic E-state index is 11.1. The molecule has 4 N–H and O–H groups in total. The van der Waals surface area contributed by atoms with Crippen molar-refractivity contribution >= 4 is 11.9 Å². The molecule has 0 rings (SSSR count). The second kappa shape index (κ2) is 11.5. The molecule has 1 atom stereocenters. The van der Waals surface area contributed by atoms with Crippen LogP contribution in [0.5, 0.6) is 0 Å². The summed E-state index contributed by atoms with van der Waals surface area (Å²) in [5.41, 5.74) is 4.05.